The molecule has 0 atom stereocenters. The molecular formula is C18H27N3O3. The molecule has 2 amide bonds. The SMILES string of the molecule is O=C(NCCN1CCCCC1)C1CCN(C(=O)c2ccco2)CC1. The van der Waals surface area contributed by atoms with E-state index in [1.165, 1.54) is 25.5 Å². The molecule has 0 saturated carbocycles. The van der Waals surface area contributed by atoms with Crippen LogP contribution >= 0.6 is 0 Å². The second-order valence-electron chi connectivity index (χ2n) is 6.74. The van der Waals surface area contributed by atoms with Crippen LogP contribution in [0.15, 0.2) is 22.8 Å². The van der Waals surface area contributed by atoms with Crippen molar-refractivity contribution < 1.29 is 14.0 Å². The molecule has 1 aromatic heterocycles. The number of piperidine rings is 2. The molecule has 0 spiro atoms. The Labute approximate surface area is 143 Å². The third-order valence-electron chi connectivity index (χ3n) is 5.06. The van der Waals surface area contributed by atoms with E-state index >= 15 is 0 Å². The molecule has 0 radical (unpaired) electrons. The molecule has 6 nitrogen and oxygen atoms in total. The molecular weight excluding hydrogens is 306 g/mol. The number of rotatable bonds is 5. The minimum Gasteiger partial charge on any atom is -0.459 e. The summed E-state index contributed by atoms with van der Waals surface area (Å²) in [5.41, 5.74) is 0. The van der Waals surface area contributed by atoms with Crippen LogP contribution in [-0.2, 0) is 4.79 Å². The van der Waals surface area contributed by atoms with Crippen LogP contribution in [0.3, 0.4) is 0 Å². The van der Waals surface area contributed by atoms with Gasteiger partial charge in [0.2, 0.25) is 5.91 Å². The Hall–Kier alpha value is -1.82. The Bertz CT molecular complexity index is 530. The average molecular weight is 333 g/mol. The highest BCUT2D eigenvalue weighted by atomic mass is 16.3. The lowest BCUT2D eigenvalue weighted by molar-refractivity contribution is -0.126. The first-order valence-electron chi connectivity index (χ1n) is 9.07. The number of nitrogens with one attached hydrogen (secondary N) is 1. The standard InChI is InChI=1S/C18H27N3O3/c22-17(19-8-13-20-9-2-1-3-10-20)15-6-11-21(12-7-15)18(23)16-5-4-14-24-16/h4-5,14-15H,1-3,6-13H2,(H,19,22). The first kappa shape index (κ1) is 17.0. The van der Waals surface area contributed by atoms with Gasteiger partial charge in [0.15, 0.2) is 5.76 Å². The van der Waals surface area contributed by atoms with Gasteiger partial charge in [-0.15, -0.1) is 0 Å². The highest BCUT2D eigenvalue weighted by Gasteiger charge is 2.28. The van der Waals surface area contributed by atoms with Gasteiger partial charge in [-0.05, 0) is 50.9 Å². The van der Waals surface area contributed by atoms with Crippen LogP contribution in [0.2, 0.25) is 0 Å². The summed E-state index contributed by atoms with van der Waals surface area (Å²) in [6, 6.07) is 3.40. The predicted molar refractivity (Wildman–Crippen MR) is 90.6 cm³/mol. The van der Waals surface area contributed by atoms with Crippen molar-refractivity contribution in [2.75, 3.05) is 39.3 Å². The maximum Gasteiger partial charge on any atom is 0.289 e. The largest absolute Gasteiger partial charge is 0.459 e. The van der Waals surface area contributed by atoms with Crippen LogP contribution in [0.1, 0.15) is 42.7 Å². The molecule has 2 fully saturated rings. The van der Waals surface area contributed by atoms with Crippen molar-refractivity contribution in [3.05, 3.63) is 24.2 Å². The van der Waals surface area contributed by atoms with Crippen LogP contribution in [0.5, 0.6) is 0 Å². The highest BCUT2D eigenvalue weighted by molar-refractivity contribution is 5.91. The molecule has 0 aliphatic carbocycles. The van der Waals surface area contributed by atoms with Crippen LogP contribution in [0.4, 0.5) is 0 Å². The van der Waals surface area contributed by atoms with E-state index in [4.69, 9.17) is 4.42 Å². The summed E-state index contributed by atoms with van der Waals surface area (Å²) in [6.07, 6.45) is 6.84. The lowest BCUT2D eigenvalue weighted by atomic mass is 9.95. The third kappa shape index (κ3) is 4.38. The van der Waals surface area contributed by atoms with E-state index in [0.717, 1.165) is 39.0 Å². The fourth-order valence-electron chi connectivity index (χ4n) is 3.57. The minimum atomic E-state index is -0.0797. The minimum absolute atomic E-state index is 0.0204. The Morgan fingerprint density at radius 2 is 1.88 bits per heavy atom. The number of furan rings is 1. The smallest absolute Gasteiger partial charge is 0.289 e. The summed E-state index contributed by atoms with van der Waals surface area (Å²) in [5.74, 6) is 0.451. The van der Waals surface area contributed by atoms with Crippen molar-refractivity contribution in [3.8, 4) is 0 Å². The number of hydrogen-bond acceptors (Lipinski definition) is 4. The van der Waals surface area contributed by atoms with E-state index in [1.54, 1.807) is 17.0 Å². The molecule has 1 aromatic rings. The summed E-state index contributed by atoms with van der Waals surface area (Å²) >= 11 is 0. The van der Waals surface area contributed by atoms with Gasteiger partial charge in [0, 0.05) is 32.1 Å². The van der Waals surface area contributed by atoms with Crippen LogP contribution in [0, 0.1) is 5.92 Å². The van der Waals surface area contributed by atoms with E-state index in [-0.39, 0.29) is 17.7 Å². The number of likely N-dealkylation sites (tertiary alicyclic amines) is 2. The Balaban J connectivity index is 1.36. The fraction of sp³-hybridized carbons (Fsp3) is 0.667. The third-order valence-corrected chi connectivity index (χ3v) is 5.06. The molecule has 24 heavy (non-hydrogen) atoms. The first-order chi connectivity index (χ1) is 11.7. The quantitative estimate of drug-likeness (QED) is 0.891. The van der Waals surface area contributed by atoms with E-state index in [0.29, 0.717) is 18.8 Å². The number of carbonyl (C=O) groups excluding carboxylic acids is 2. The van der Waals surface area contributed by atoms with Crippen LogP contribution in [0.25, 0.3) is 0 Å². The second-order valence-corrected chi connectivity index (χ2v) is 6.74. The van der Waals surface area contributed by atoms with Crippen LogP contribution in [-0.4, -0.2) is 60.9 Å². The number of nitrogens with zero attached hydrogens (tertiary/aromatic N) is 2. The second kappa shape index (κ2) is 8.33. The van der Waals surface area contributed by atoms with Crippen molar-refractivity contribution in [2.24, 2.45) is 5.92 Å². The van der Waals surface area contributed by atoms with Gasteiger partial charge in [-0.2, -0.15) is 0 Å². The Kier molecular flexibility index (Phi) is 5.91. The van der Waals surface area contributed by atoms with Crippen molar-refractivity contribution in [2.45, 2.75) is 32.1 Å². The Morgan fingerprint density at radius 1 is 1.12 bits per heavy atom. The molecule has 0 aromatic carbocycles. The highest BCUT2D eigenvalue weighted by Crippen LogP contribution is 2.19. The summed E-state index contributed by atoms with van der Waals surface area (Å²) < 4.78 is 5.16. The molecule has 3 rings (SSSR count). The van der Waals surface area contributed by atoms with Gasteiger partial charge >= 0.3 is 0 Å². The zero-order valence-corrected chi connectivity index (χ0v) is 14.2. The fourth-order valence-corrected chi connectivity index (χ4v) is 3.57. The molecule has 6 heteroatoms. The van der Waals surface area contributed by atoms with Gasteiger partial charge in [0.1, 0.15) is 0 Å². The van der Waals surface area contributed by atoms with Crippen LogP contribution < -0.4 is 5.32 Å². The number of amides is 2. The van der Waals surface area contributed by atoms with Crippen molar-refractivity contribution >= 4 is 11.8 Å². The van der Waals surface area contributed by atoms with Gasteiger partial charge in [-0.25, -0.2) is 0 Å². The lowest BCUT2D eigenvalue weighted by Crippen LogP contribution is -2.44. The molecule has 2 saturated heterocycles. The van der Waals surface area contributed by atoms with Gasteiger partial charge in [0.05, 0.1) is 6.26 Å². The van der Waals surface area contributed by atoms with Gasteiger partial charge < -0.3 is 19.5 Å². The first-order valence-corrected chi connectivity index (χ1v) is 9.07. The van der Waals surface area contributed by atoms with Gasteiger partial charge in [-0.1, -0.05) is 6.42 Å². The number of carbonyl (C=O) groups is 2. The summed E-state index contributed by atoms with van der Waals surface area (Å²) in [5, 5.41) is 3.07. The predicted octanol–water partition coefficient (Wildman–Crippen LogP) is 1.73. The summed E-state index contributed by atoms with van der Waals surface area (Å²) in [7, 11) is 0. The maximum atomic E-state index is 12.3. The molecule has 2 aliphatic rings. The summed E-state index contributed by atoms with van der Waals surface area (Å²) in [6.45, 7) is 5.21. The van der Waals surface area contributed by atoms with Crippen molar-refractivity contribution in [1.82, 2.24) is 15.1 Å². The van der Waals surface area contributed by atoms with E-state index in [1.807, 2.05) is 0 Å². The monoisotopic (exact) mass is 333 g/mol. The summed E-state index contributed by atoms with van der Waals surface area (Å²) in [4.78, 5) is 28.7. The molecule has 3 heterocycles. The topological polar surface area (TPSA) is 65.8 Å². The zero-order valence-electron chi connectivity index (χ0n) is 14.2. The molecule has 0 bridgehead atoms. The van der Waals surface area contributed by atoms with Crippen molar-refractivity contribution in [1.29, 1.82) is 0 Å². The van der Waals surface area contributed by atoms with Gasteiger partial charge in [-0.3, -0.25) is 9.59 Å². The van der Waals surface area contributed by atoms with Gasteiger partial charge in [0.25, 0.3) is 5.91 Å². The lowest BCUT2D eigenvalue weighted by Gasteiger charge is -2.31. The van der Waals surface area contributed by atoms with E-state index in [9.17, 15) is 9.59 Å². The Morgan fingerprint density at radius 3 is 2.54 bits per heavy atom. The normalized spacial score (nSPS) is 20.1. The van der Waals surface area contributed by atoms with E-state index < -0.39 is 0 Å². The molecule has 132 valence electrons. The number of hydrogen-bond donors (Lipinski definition) is 1. The van der Waals surface area contributed by atoms with Crippen molar-refractivity contribution in [3.63, 3.8) is 0 Å². The molecule has 0 unspecified atom stereocenters. The zero-order chi connectivity index (χ0) is 16.8. The average Bonchev–Trinajstić information content (AvgIpc) is 3.17. The molecule has 1 N–H and O–H groups in total. The van der Waals surface area contributed by atoms with E-state index in [2.05, 4.69) is 10.2 Å². The maximum absolute atomic E-state index is 12.3. The molecule has 2 aliphatic heterocycles.